The summed E-state index contributed by atoms with van der Waals surface area (Å²) in [5, 5.41) is 13.3. The molecule has 8 heteroatoms. The van der Waals surface area contributed by atoms with Gasteiger partial charge in [0.25, 0.3) is 0 Å². The monoisotopic (exact) mass is 482 g/mol. The fourth-order valence-corrected chi connectivity index (χ4v) is 5.30. The van der Waals surface area contributed by atoms with Crippen molar-refractivity contribution < 1.29 is 4.74 Å². The van der Waals surface area contributed by atoms with Gasteiger partial charge in [0.05, 0.1) is 10.7 Å². The van der Waals surface area contributed by atoms with Gasteiger partial charge < -0.3 is 4.74 Å². The van der Waals surface area contributed by atoms with E-state index in [1.165, 1.54) is 0 Å². The lowest BCUT2D eigenvalue weighted by Gasteiger charge is -2.17. The molecule has 1 unspecified atom stereocenters. The largest absolute Gasteiger partial charge is 0.482 e. The minimum Gasteiger partial charge on any atom is -0.482 e. The summed E-state index contributed by atoms with van der Waals surface area (Å²) in [5.74, 6) is 2.30. The number of thioether (sulfide) groups is 1. The Labute approximate surface area is 201 Å². The molecule has 32 heavy (non-hydrogen) atoms. The summed E-state index contributed by atoms with van der Waals surface area (Å²) >= 11 is 9.50. The molecule has 164 valence electrons. The number of hydrogen-bond acceptors (Lipinski definition) is 6. The lowest BCUT2D eigenvalue weighted by molar-refractivity contribution is 0.209. The molecule has 0 saturated heterocycles. The zero-order valence-corrected chi connectivity index (χ0v) is 20.3. The predicted octanol–water partition coefficient (Wildman–Crippen LogP) is 6.98. The van der Waals surface area contributed by atoms with Gasteiger partial charge in [-0.3, -0.25) is 4.57 Å². The van der Waals surface area contributed by atoms with Gasteiger partial charge in [0.1, 0.15) is 10.8 Å². The maximum absolute atomic E-state index is 6.32. The van der Waals surface area contributed by atoms with Gasteiger partial charge in [-0.2, -0.15) is 0 Å². The summed E-state index contributed by atoms with van der Waals surface area (Å²) in [6.45, 7) is 8.51. The van der Waals surface area contributed by atoms with E-state index in [9.17, 15) is 0 Å². The molecule has 0 fully saturated rings. The Morgan fingerprint density at radius 3 is 2.75 bits per heavy atom. The molecular weight excluding hydrogens is 460 g/mol. The highest BCUT2D eigenvalue weighted by atomic mass is 35.5. The van der Waals surface area contributed by atoms with Gasteiger partial charge in [0.2, 0.25) is 0 Å². The maximum Gasteiger partial charge on any atom is 0.192 e. The minimum absolute atomic E-state index is 0.246. The number of halogens is 1. The summed E-state index contributed by atoms with van der Waals surface area (Å²) < 4.78 is 8.21. The van der Waals surface area contributed by atoms with Crippen LogP contribution in [0.2, 0.25) is 5.02 Å². The van der Waals surface area contributed by atoms with Gasteiger partial charge in [-0.25, -0.2) is 4.98 Å². The molecule has 4 rings (SSSR count). The van der Waals surface area contributed by atoms with Crippen molar-refractivity contribution in [2.24, 2.45) is 0 Å². The topological polar surface area (TPSA) is 52.8 Å². The van der Waals surface area contributed by atoms with Gasteiger partial charge in [0, 0.05) is 23.2 Å². The molecule has 0 bridgehead atoms. The number of thiazole rings is 1. The Kier molecular flexibility index (Phi) is 7.29. The number of hydrogen-bond donors (Lipinski definition) is 0. The number of allylic oxidation sites excluding steroid dienone is 1. The Morgan fingerprint density at radius 2 is 1.97 bits per heavy atom. The average molecular weight is 483 g/mol. The van der Waals surface area contributed by atoms with E-state index in [1.54, 1.807) is 23.1 Å². The molecule has 2 heterocycles. The second kappa shape index (κ2) is 10.3. The molecule has 1 atom stereocenters. The van der Waals surface area contributed by atoms with Crippen LogP contribution in [0.5, 0.6) is 5.75 Å². The van der Waals surface area contributed by atoms with Crippen LogP contribution >= 0.6 is 34.7 Å². The van der Waals surface area contributed by atoms with Gasteiger partial charge >= 0.3 is 0 Å². The average Bonchev–Trinajstić information content (AvgIpc) is 3.42. The highest BCUT2D eigenvalue weighted by molar-refractivity contribution is 7.98. The standard InChI is InChI=1S/C24H23ClN4OS2/c1-4-13-29-22(17(3)30-21-12-8-5-9-16(21)2)27-28-24(29)32-15-18-14-31-23(26-18)19-10-6-7-11-20(19)25/h4-12,14,17H,1,13,15H2,2-3H3. The first-order valence-corrected chi connectivity index (χ1v) is 12.4. The second-order valence-electron chi connectivity index (χ2n) is 7.18. The van der Waals surface area contributed by atoms with Crippen molar-refractivity contribution in [3.8, 4) is 16.3 Å². The number of nitrogens with zero attached hydrogens (tertiary/aromatic N) is 4. The van der Waals surface area contributed by atoms with Crippen molar-refractivity contribution in [3.63, 3.8) is 0 Å². The van der Waals surface area contributed by atoms with Crippen molar-refractivity contribution in [1.82, 2.24) is 19.7 Å². The van der Waals surface area contributed by atoms with Crippen LogP contribution in [0.3, 0.4) is 0 Å². The molecule has 0 amide bonds. The molecule has 0 aliphatic heterocycles. The smallest absolute Gasteiger partial charge is 0.192 e. The minimum atomic E-state index is -0.246. The van der Waals surface area contributed by atoms with E-state index in [0.717, 1.165) is 38.6 Å². The van der Waals surface area contributed by atoms with E-state index in [4.69, 9.17) is 21.3 Å². The zero-order valence-electron chi connectivity index (χ0n) is 17.9. The fourth-order valence-electron chi connectivity index (χ4n) is 3.21. The van der Waals surface area contributed by atoms with E-state index in [1.807, 2.05) is 73.0 Å². The lowest BCUT2D eigenvalue weighted by Crippen LogP contribution is -2.12. The van der Waals surface area contributed by atoms with E-state index < -0.39 is 0 Å². The third kappa shape index (κ3) is 5.06. The maximum atomic E-state index is 6.32. The Morgan fingerprint density at radius 1 is 1.19 bits per heavy atom. The summed E-state index contributed by atoms with van der Waals surface area (Å²) in [5.41, 5.74) is 3.02. The highest BCUT2D eigenvalue weighted by Gasteiger charge is 2.20. The van der Waals surface area contributed by atoms with Crippen LogP contribution in [0.15, 0.2) is 71.7 Å². The predicted molar refractivity (Wildman–Crippen MR) is 133 cm³/mol. The fraction of sp³-hybridized carbons (Fsp3) is 0.208. The second-order valence-corrected chi connectivity index (χ2v) is 9.39. The Bertz CT molecular complexity index is 1220. The van der Waals surface area contributed by atoms with E-state index in [0.29, 0.717) is 17.3 Å². The van der Waals surface area contributed by atoms with Crippen molar-refractivity contribution >= 4 is 34.7 Å². The van der Waals surface area contributed by atoms with E-state index in [-0.39, 0.29) is 6.10 Å². The summed E-state index contributed by atoms with van der Waals surface area (Å²) in [6, 6.07) is 15.7. The molecule has 0 saturated carbocycles. The number of benzene rings is 2. The van der Waals surface area contributed by atoms with Crippen LogP contribution < -0.4 is 4.74 Å². The third-order valence-corrected chi connectivity index (χ3v) is 7.08. The van der Waals surface area contributed by atoms with Crippen LogP contribution in [-0.4, -0.2) is 19.7 Å². The summed E-state index contributed by atoms with van der Waals surface area (Å²) in [4.78, 5) is 4.75. The quantitative estimate of drug-likeness (QED) is 0.190. The molecule has 5 nitrogen and oxygen atoms in total. The van der Waals surface area contributed by atoms with Gasteiger partial charge in [-0.1, -0.05) is 65.8 Å². The van der Waals surface area contributed by atoms with Crippen LogP contribution in [0.1, 0.15) is 30.1 Å². The number of para-hydroxylation sites is 1. The molecule has 0 aliphatic carbocycles. The lowest BCUT2D eigenvalue weighted by atomic mass is 10.2. The Hall–Kier alpha value is -2.61. The Balaban J connectivity index is 1.49. The number of aryl methyl sites for hydroxylation is 1. The SMILES string of the molecule is C=CCn1c(SCc2csc(-c3ccccc3Cl)n2)nnc1C(C)Oc1ccccc1C. The first kappa shape index (κ1) is 22.6. The van der Waals surface area contributed by atoms with Crippen LogP contribution in [0.4, 0.5) is 0 Å². The molecule has 0 N–H and O–H groups in total. The van der Waals surface area contributed by atoms with E-state index in [2.05, 4.69) is 22.2 Å². The van der Waals surface area contributed by atoms with Gasteiger partial charge in [-0.05, 0) is 31.5 Å². The first-order valence-electron chi connectivity index (χ1n) is 10.1. The molecule has 0 aliphatic rings. The molecule has 4 aromatic rings. The molecule has 2 aromatic heterocycles. The normalized spacial score (nSPS) is 12.0. The molecular formula is C24H23ClN4OS2. The summed E-state index contributed by atoms with van der Waals surface area (Å²) in [7, 11) is 0. The molecule has 0 radical (unpaired) electrons. The first-order chi connectivity index (χ1) is 15.6. The molecule has 2 aromatic carbocycles. The van der Waals surface area contributed by atoms with Gasteiger partial charge in [-0.15, -0.1) is 28.1 Å². The third-order valence-electron chi connectivity index (χ3n) is 4.82. The molecule has 0 spiro atoms. The number of ether oxygens (including phenoxy) is 1. The highest BCUT2D eigenvalue weighted by Crippen LogP contribution is 2.32. The number of aromatic nitrogens is 4. The van der Waals surface area contributed by atoms with Crippen LogP contribution in [-0.2, 0) is 12.3 Å². The van der Waals surface area contributed by atoms with Gasteiger partial charge in [0.15, 0.2) is 17.1 Å². The van der Waals surface area contributed by atoms with Crippen molar-refractivity contribution in [2.75, 3.05) is 0 Å². The van der Waals surface area contributed by atoms with E-state index >= 15 is 0 Å². The summed E-state index contributed by atoms with van der Waals surface area (Å²) in [6.07, 6.45) is 1.60. The van der Waals surface area contributed by atoms with Crippen LogP contribution in [0, 0.1) is 6.92 Å². The van der Waals surface area contributed by atoms with Crippen LogP contribution in [0.25, 0.3) is 10.6 Å². The van der Waals surface area contributed by atoms with Crippen molar-refractivity contribution in [1.29, 1.82) is 0 Å². The van der Waals surface area contributed by atoms with Crippen molar-refractivity contribution in [3.05, 3.63) is 88.7 Å². The van der Waals surface area contributed by atoms with Crippen molar-refractivity contribution in [2.45, 2.75) is 37.4 Å². The zero-order chi connectivity index (χ0) is 22.5. The number of rotatable bonds is 9.